The summed E-state index contributed by atoms with van der Waals surface area (Å²) in [5.74, 6) is 0.470. The van der Waals surface area contributed by atoms with Gasteiger partial charge in [-0.3, -0.25) is 0 Å². The number of hydrogen-bond donors (Lipinski definition) is 1. The van der Waals surface area contributed by atoms with E-state index in [2.05, 4.69) is 34.5 Å². The lowest BCUT2D eigenvalue weighted by atomic mass is 10.1. The summed E-state index contributed by atoms with van der Waals surface area (Å²) >= 11 is 3.28. The van der Waals surface area contributed by atoms with Crippen LogP contribution in [0.3, 0.4) is 0 Å². The Labute approximate surface area is 112 Å². The summed E-state index contributed by atoms with van der Waals surface area (Å²) in [5.41, 5.74) is 0. The molecule has 3 nitrogen and oxygen atoms in total. The standard InChI is InChI=1S/C12H18BrNO2S/c1-9(2)8-10(3)14-17(15,16)12-6-4-11(13)5-7-12/h4-7,9-10,14H,8H2,1-3H3. The molecule has 0 spiro atoms. The van der Waals surface area contributed by atoms with Crippen LogP contribution in [0.15, 0.2) is 33.6 Å². The molecule has 0 fully saturated rings. The SMILES string of the molecule is CC(C)CC(C)NS(=O)(=O)c1ccc(Br)cc1. The van der Waals surface area contributed by atoms with Gasteiger partial charge in [0.2, 0.25) is 10.0 Å². The van der Waals surface area contributed by atoms with Crippen LogP contribution < -0.4 is 4.72 Å². The molecule has 1 aromatic carbocycles. The molecule has 0 aromatic heterocycles. The third-order valence-electron chi connectivity index (χ3n) is 2.31. The van der Waals surface area contributed by atoms with Crippen LogP contribution in [0.2, 0.25) is 0 Å². The van der Waals surface area contributed by atoms with Crippen LogP contribution >= 0.6 is 15.9 Å². The molecule has 0 amide bonds. The molecule has 1 rings (SSSR count). The minimum absolute atomic E-state index is 0.0522. The lowest BCUT2D eigenvalue weighted by Gasteiger charge is -2.16. The van der Waals surface area contributed by atoms with Gasteiger partial charge in [0.25, 0.3) is 0 Å². The smallest absolute Gasteiger partial charge is 0.208 e. The average Bonchev–Trinajstić information content (AvgIpc) is 2.15. The van der Waals surface area contributed by atoms with Crippen molar-refractivity contribution in [2.24, 2.45) is 5.92 Å². The van der Waals surface area contributed by atoms with Gasteiger partial charge in [0.1, 0.15) is 0 Å². The van der Waals surface area contributed by atoms with E-state index in [0.717, 1.165) is 10.9 Å². The van der Waals surface area contributed by atoms with Crippen molar-refractivity contribution >= 4 is 26.0 Å². The molecule has 5 heteroatoms. The second-order valence-electron chi connectivity index (χ2n) is 4.61. The third-order valence-corrected chi connectivity index (χ3v) is 4.44. The summed E-state index contributed by atoms with van der Waals surface area (Å²) in [7, 11) is -3.39. The third kappa shape index (κ3) is 4.77. The first-order valence-corrected chi connectivity index (χ1v) is 7.87. The minimum atomic E-state index is -3.39. The van der Waals surface area contributed by atoms with Crippen molar-refractivity contribution in [1.29, 1.82) is 0 Å². The fourth-order valence-corrected chi connectivity index (χ4v) is 3.22. The fourth-order valence-electron chi connectivity index (χ4n) is 1.70. The predicted octanol–water partition coefficient (Wildman–Crippen LogP) is 3.16. The summed E-state index contributed by atoms with van der Waals surface area (Å²) in [5, 5.41) is 0. The molecule has 0 aliphatic heterocycles. The Kier molecular flexibility index (Phi) is 5.16. The number of nitrogens with one attached hydrogen (secondary N) is 1. The molecule has 0 heterocycles. The van der Waals surface area contributed by atoms with Gasteiger partial charge in [-0.25, -0.2) is 13.1 Å². The first-order chi connectivity index (χ1) is 7.81. The molecule has 96 valence electrons. The molecule has 1 unspecified atom stereocenters. The molecule has 0 bridgehead atoms. The lowest BCUT2D eigenvalue weighted by molar-refractivity contribution is 0.482. The van der Waals surface area contributed by atoms with E-state index in [1.54, 1.807) is 24.3 Å². The molecule has 0 saturated heterocycles. The molecule has 0 saturated carbocycles. The van der Waals surface area contributed by atoms with E-state index in [4.69, 9.17) is 0 Å². The van der Waals surface area contributed by atoms with E-state index in [9.17, 15) is 8.42 Å². The highest BCUT2D eigenvalue weighted by atomic mass is 79.9. The highest BCUT2D eigenvalue weighted by molar-refractivity contribution is 9.10. The van der Waals surface area contributed by atoms with E-state index in [1.807, 2.05) is 6.92 Å². The van der Waals surface area contributed by atoms with Crippen molar-refractivity contribution in [3.05, 3.63) is 28.7 Å². The van der Waals surface area contributed by atoms with E-state index in [-0.39, 0.29) is 6.04 Å². The Hall–Kier alpha value is -0.390. The number of halogens is 1. The van der Waals surface area contributed by atoms with Crippen LogP contribution in [0.4, 0.5) is 0 Å². The second-order valence-corrected chi connectivity index (χ2v) is 7.24. The maximum absolute atomic E-state index is 12.0. The topological polar surface area (TPSA) is 46.2 Å². The van der Waals surface area contributed by atoms with E-state index in [0.29, 0.717) is 10.8 Å². The van der Waals surface area contributed by atoms with Crippen LogP contribution in [-0.2, 0) is 10.0 Å². The van der Waals surface area contributed by atoms with Crippen molar-refractivity contribution in [3.63, 3.8) is 0 Å². The van der Waals surface area contributed by atoms with Gasteiger partial charge in [0.15, 0.2) is 0 Å². The van der Waals surface area contributed by atoms with Gasteiger partial charge in [0, 0.05) is 10.5 Å². The monoisotopic (exact) mass is 319 g/mol. The Morgan fingerprint density at radius 3 is 2.18 bits per heavy atom. The molecular weight excluding hydrogens is 302 g/mol. The Balaban J connectivity index is 2.78. The number of hydrogen-bond acceptors (Lipinski definition) is 2. The zero-order valence-corrected chi connectivity index (χ0v) is 12.7. The normalized spacial score (nSPS) is 13.9. The number of benzene rings is 1. The van der Waals surface area contributed by atoms with Crippen molar-refractivity contribution in [2.45, 2.75) is 38.1 Å². The van der Waals surface area contributed by atoms with Gasteiger partial charge in [-0.05, 0) is 43.5 Å². The lowest BCUT2D eigenvalue weighted by Crippen LogP contribution is -2.33. The summed E-state index contributed by atoms with van der Waals surface area (Å²) in [6.07, 6.45) is 0.829. The molecule has 0 aliphatic rings. The summed E-state index contributed by atoms with van der Waals surface area (Å²) in [6, 6.07) is 6.58. The predicted molar refractivity (Wildman–Crippen MR) is 73.4 cm³/mol. The molecule has 17 heavy (non-hydrogen) atoms. The summed E-state index contributed by atoms with van der Waals surface area (Å²) in [6.45, 7) is 6.03. The van der Waals surface area contributed by atoms with Crippen LogP contribution in [0.1, 0.15) is 27.2 Å². The highest BCUT2D eigenvalue weighted by Crippen LogP contribution is 2.15. The Morgan fingerprint density at radius 2 is 1.71 bits per heavy atom. The van der Waals surface area contributed by atoms with Crippen LogP contribution in [0, 0.1) is 5.92 Å². The number of sulfonamides is 1. The largest absolute Gasteiger partial charge is 0.240 e. The Morgan fingerprint density at radius 1 is 1.18 bits per heavy atom. The second kappa shape index (κ2) is 5.98. The molecule has 1 N–H and O–H groups in total. The van der Waals surface area contributed by atoms with E-state index in [1.165, 1.54) is 0 Å². The maximum atomic E-state index is 12.0. The van der Waals surface area contributed by atoms with Crippen molar-refractivity contribution in [2.75, 3.05) is 0 Å². The maximum Gasteiger partial charge on any atom is 0.240 e. The van der Waals surface area contributed by atoms with Gasteiger partial charge < -0.3 is 0 Å². The van der Waals surface area contributed by atoms with Crippen LogP contribution in [0.5, 0.6) is 0 Å². The minimum Gasteiger partial charge on any atom is -0.208 e. The quantitative estimate of drug-likeness (QED) is 0.906. The van der Waals surface area contributed by atoms with Crippen molar-refractivity contribution in [1.82, 2.24) is 4.72 Å². The van der Waals surface area contributed by atoms with Crippen LogP contribution in [-0.4, -0.2) is 14.5 Å². The highest BCUT2D eigenvalue weighted by Gasteiger charge is 2.17. The first kappa shape index (κ1) is 14.7. The summed E-state index contributed by atoms with van der Waals surface area (Å²) < 4.78 is 27.6. The van der Waals surface area contributed by atoms with Gasteiger partial charge in [-0.1, -0.05) is 29.8 Å². The van der Waals surface area contributed by atoms with Gasteiger partial charge in [-0.15, -0.1) is 0 Å². The van der Waals surface area contributed by atoms with E-state index >= 15 is 0 Å². The number of rotatable bonds is 5. The van der Waals surface area contributed by atoms with E-state index < -0.39 is 10.0 Å². The van der Waals surface area contributed by atoms with Crippen LogP contribution in [0.25, 0.3) is 0 Å². The molecule has 1 aromatic rings. The van der Waals surface area contributed by atoms with Crippen molar-refractivity contribution in [3.8, 4) is 0 Å². The zero-order valence-electron chi connectivity index (χ0n) is 10.3. The molecular formula is C12H18BrNO2S. The van der Waals surface area contributed by atoms with Gasteiger partial charge >= 0.3 is 0 Å². The molecule has 0 aliphatic carbocycles. The molecule has 0 radical (unpaired) electrons. The zero-order chi connectivity index (χ0) is 13.1. The van der Waals surface area contributed by atoms with Crippen molar-refractivity contribution < 1.29 is 8.42 Å². The average molecular weight is 320 g/mol. The summed E-state index contributed by atoms with van der Waals surface area (Å²) in [4.78, 5) is 0.302. The van der Waals surface area contributed by atoms with Gasteiger partial charge in [0.05, 0.1) is 4.90 Å². The Bertz CT molecular complexity index is 454. The van der Waals surface area contributed by atoms with Gasteiger partial charge in [-0.2, -0.15) is 0 Å². The fraction of sp³-hybridized carbons (Fsp3) is 0.500. The molecule has 1 atom stereocenters. The first-order valence-electron chi connectivity index (χ1n) is 5.59.